The topological polar surface area (TPSA) is 30.5 Å². The molecule has 90 valence electrons. The third-order valence-corrected chi connectivity index (χ3v) is 2.26. The van der Waals surface area contributed by atoms with Crippen molar-refractivity contribution in [2.45, 2.75) is 20.3 Å². The van der Waals surface area contributed by atoms with Crippen molar-refractivity contribution in [2.75, 3.05) is 40.8 Å². The molecule has 15 heavy (non-hydrogen) atoms. The first-order chi connectivity index (χ1) is 7.10. The SMILES string of the molecule is CC/C(=C\NN(C)C)NCCN(C)CC. The van der Waals surface area contributed by atoms with E-state index in [1.807, 2.05) is 25.3 Å². The molecule has 0 unspecified atom stereocenters. The van der Waals surface area contributed by atoms with Gasteiger partial charge in [-0.1, -0.05) is 13.8 Å². The van der Waals surface area contributed by atoms with E-state index in [4.69, 9.17) is 0 Å². The van der Waals surface area contributed by atoms with E-state index >= 15 is 0 Å². The summed E-state index contributed by atoms with van der Waals surface area (Å²) in [4.78, 5) is 2.29. The Bertz CT molecular complexity index is 177. The average molecular weight is 214 g/mol. The van der Waals surface area contributed by atoms with Gasteiger partial charge < -0.3 is 15.6 Å². The lowest BCUT2D eigenvalue weighted by molar-refractivity contribution is 0.337. The summed E-state index contributed by atoms with van der Waals surface area (Å²) in [6.45, 7) is 7.50. The molecule has 0 aliphatic carbocycles. The number of hydrazine groups is 1. The quantitative estimate of drug-likeness (QED) is 0.586. The Morgan fingerprint density at radius 2 is 1.87 bits per heavy atom. The normalized spacial score (nSPS) is 12.3. The lowest BCUT2D eigenvalue weighted by Crippen LogP contribution is -2.31. The van der Waals surface area contributed by atoms with Crippen LogP contribution in [0.25, 0.3) is 0 Å². The van der Waals surface area contributed by atoms with Crippen LogP contribution in [0.4, 0.5) is 0 Å². The summed E-state index contributed by atoms with van der Waals surface area (Å²) in [6.07, 6.45) is 3.04. The second-order valence-electron chi connectivity index (χ2n) is 3.87. The van der Waals surface area contributed by atoms with Gasteiger partial charge in [-0.3, -0.25) is 0 Å². The van der Waals surface area contributed by atoms with Crippen molar-refractivity contribution in [2.24, 2.45) is 0 Å². The standard InChI is InChI=1S/C11H26N4/c1-6-11(10-13-14(3)4)12-8-9-15(5)7-2/h10,12-13H,6-9H2,1-5H3/b11-10+. The number of hydrogen-bond donors (Lipinski definition) is 2. The van der Waals surface area contributed by atoms with Crippen molar-refractivity contribution in [3.63, 3.8) is 0 Å². The van der Waals surface area contributed by atoms with Gasteiger partial charge in [-0.25, -0.2) is 5.01 Å². The van der Waals surface area contributed by atoms with E-state index in [-0.39, 0.29) is 0 Å². The number of nitrogens with zero attached hydrogens (tertiary/aromatic N) is 2. The fourth-order valence-corrected chi connectivity index (χ4v) is 1.05. The van der Waals surface area contributed by atoms with Crippen LogP contribution in [0.1, 0.15) is 20.3 Å². The van der Waals surface area contributed by atoms with Gasteiger partial charge >= 0.3 is 0 Å². The van der Waals surface area contributed by atoms with Gasteiger partial charge in [-0.2, -0.15) is 0 Å². The van der Waals surface area contributed by atoms with Crippen molar-refractivity contribution in [3.8, 4) is 0 Å². The Hall–Kier alpha value is -0.740. The molecule has 0 rings (SSSR count). The average Bonchev–Trinajstić information content (AvgIpc) is 2.22. The van der Waals surface area contributed by atoms with Crippen molar-refractivity contribution in [1.82, 2.24) is 20.7 Å². The van der Waals surface area contributed by atoms with Crippen LogP contribution in [-0.2, 0) is 0 Å². The summed E-state index contributed by atoms with van der Waals surface area (Å²) in [6, 6.07) is 0. The Kier molecular flexibility index (Phi) is 8.14. The van der Waals surface area contributed by atoms with Crippen LogP contribution in [0.5, 0.6) is 0 Å². The van der Waals surface area contributed by atoms with Gasteiger partial charge in [0.1, 0.15) is 0 Å². The number of hydrogen-bond acceptors (Lipinski definition) is 4. The maximum atomic E-state index is 3.42. The van der Waals surface area contributed by atoms with Gasteiger partial charge in [0.15, 0.2) is 0 Å². The van der Waals surface area contributed by atoms with Crippen LogP contribution in [0.15, 0.2) is 11.9 Å². The van der Waals surface area contributed by atoms with Crippen molar-refractivity contribution >= 4 is 0 Å². The maximum absolute atomic E-state index is 3.42. The van der Waals surface area contributed by atoms with E-state index in [9.17, 15) is 0 Å². The molecular formula is C11H26N4. The lowest BCUT2D eigenvalue weighted by atomic mass is 10.3. The highest BCUT2D eigenvalue weighted by molar-refractivity contribution is 4.96. The number of nitrogens with one attached hydrogen (secondary N) is 2. The highest BCUT2D eigenvalue weighted by Crippen LogP contribution is 1.93. The van der Waals surface area contributed by atoms with E-state index in [2.05, 4.69) is 36.5 Å². The van der Waals surface area contributed by atoms with Crippen molar-refractivity contribution < 1.29 is 0 Å². The van der Waals surface area contributed by atoms with Crippen LogP contribution in [0, 0.1) is 0 Å². The maximum Gasteiger partial charge on any atom is 0.0317 e. The van der Waals surface area contributed by atoms with Crippen LogP contribution >= 0.6 is 0 Å². The Morgan fingerprint density at radius 1 is 1.20 bits per heavy atom. The minimum Gasteiger partial charge on any atom is -0.386 e. The Morgan fingerprint density at radius 3 is 2.33 bits per heavy atom. The van der Waals surface area contributed by atoms with Gasteiger partial charge in [0.2, 0.25) is 0 Å². The zero-order valence-electron chi connectivity index (χ0n) is 10.8. The zero-order chi connectivity index (χ0) is 11.7. The summed E-state index contributed by atoms with van der Waals surface area (Å²) >= 11 is 0. The van der Waals surface area contributed by atoms with Gasteiger partial charge in [-0.05, 0) is 20.0 Å². The molecule has 0 aromatic heterocycles. The van der Waals surface area contributed by atoms with Crippen molar-refractivity contribution in [1.29, 1.82) is 0 Å². The van der Waals surface area contributed by atoms with Crippen LogP contribution in [0.2, 0.25) is 0 Å². The van der Waals surface area contributed by atoms with Crippen molar-refractivity contribution in [3.05, 3.63) is 11.9 Å². The molecule has 0 radical (unpaired) electrons. The highest BCUT2D eigenvalue weighted by atomic mass is 15.5. The van der Waals surface area contributed by atoms with Crippen LogP contribution in [-0.4, -0.2) is 50.7 Å². The zero-order valence-corrected chi connectivity index (χ0v) is 10.8. The second-order valence-corrected chi connectivity index (χ2v) is 3.87. The predicted molar refractivity (Wildman–Crippen MR) is 66.4 cm³/mol. The number of rotatable bonds is 8. The first kappa shape index (κ1) is 14.3. The number of likely N-dealkylation sites (N-methyl/N-ethyl adjacent to an activating group) is 1. The minimum atomic E-state index is 0.999. The fraction of sp³-hybridized carbons (Fsp3) is 0.818. The molecule has 4 nitrogen and oxygen atoms in total. The van der Waals surface area contributed by atoms with E-state index in [0.29, 0.717) is 0 Å². The third-order valence-electron chi connectivity index (χ3n) is 2.26. The monoisotopic (exact) mass is 214 g/mol. The molecule has 0 fully saturated rings. The van der Waals surface area contributed by atoms with Crippen LogP contribution < -0.4 is 10.7 Å². The van der Waals surface area contributed by atoms with E-state index in [1.165, 1.54) is 5.70 Å². The van der Waals surface area contributed by atoms with Gasteiger partial charge in [0.25, 0.3) is 0 Å². The molecule has 0 atom stereocenters. The lowest BCUT2D eigenvalue weighted by Gasteiger charge is -2.17. The third kappa shape index (κ3) is 8.27. The molecule has 4 heteroatoms. The Labute approximate surface area is 94.3 Å². The van der Waals surface area contributed by atoms with Crippen LogP contribution in [0.3, 0.4) is 0 Å². The molecule has 0 aromatic rings. The highest BCUT2D eigenvalue weighted by Gasteiger charge is 1.96. The molecule has 0 aliphatic rings. The molecule has 0 spiro atoms. The molecule has 0 aromatic carbocycles. The summed E-state index contributed by atoms with van der Waals surface area (Å²) in [5.41, 5.74) is 4.39. The molecule has 0 aliphatic heterocycles. The summed E-state index contributed by atoms with van der Waals surface area (Å²) in [5, 5.41) is 5.35. The molecule has 2 N–H and O–H groups in total. The van der Waals surface area contributed by atoms with Gasteiger partial charge in [0, 0.05) is 39.1 Å². The fourth-order valence-electron chi connectivity index (χ4n) is 1.05. The molecule has 0 bridgehead atoms. The molecule has 0 saturated heterocycles. The largest absolute Gasteiger partial charge is 0.386 e. The van der Waals surface area contributed by atoms with Gasteiger partial charge in [0.05, 0.1) is 0 Å². The summed E-state index contributed by atoms with van der Waals surface area (Å²) in [7, 11) is 6.10. The van der Waals surface area contributed by atoms with Gasteiger partial charge in [-0.15, -0.1) is 0 Å². The number of allylic oxidation sites excluding steroid dienone is 1. The van der Waals surface area contributed by atoms with E-state index in [1.54, 1.807) is 0 Å². The van der Waals surface area contributed by atoms with E-state index in [0.717, 1.165) is 26.1 Å². The predicted octanol–water partition coefficient (Wildman–Crippen LogP) is 0.845. The molecule has 0 saturated carbocycles. The second kappa shape index (κ2) is 8.56. The summed E-state index contributed by atoms with van der Waals surface area (Å²) in [5.74, 6) is 0. The smallest absolute Gasteiger partial charge is 0.0317 e. The molecule has 0 amide bonds. The first-order valence-corrected chi connectivity index (χ1v) is 5.65. The summed E-state index contributed by atoms with van der Waals surface area (Å²) < 4.78 is 0. The molecular weight excluding hydrogens is 188 g/mol. The first-order valence-electron chi connectivity index (χ1n) is 5.65. The van der Waals surface area contributed by atoms with E-state index < -0.39 is 0 Å². The Balaban J connectivity index is 3.74. The minimum absolute atomic E-state index is 0.999. The molecule has 0 heterocycles.